The number of hydrogen-bond donors (Lipinski definition) is 2. The number of aromatic hydroxyl groups is 2. The van der Waals surface area contributed by atoms with Crippen molar-refractivity contribution in [2.45, 2.75) is 105 Å². The van der Waals surface area contributed by atoms with Gasteiger partial charge in [0.05, 0.1) is 13.1 Å². The van der Waals surface area contributed by atoms with Gasteiger partial charge < -0.3 is 19.8 Å². The first kappa shape index (κ1) is 40.4. The summed E-state index contributed by atoms with van der Waals surface area (Å²) >= 11 is 0. The number of phenolic OH excluding ortho intramolecular Hbond substituents is 2. The first-order valence-electron chi connectivity index (χ1n) is 13.5. The summed E-state index contributed by atoms with van der Waals surface area (Å²) in [4.78, 5) is 24.6. The van der Waals surface area contributed by atoms with Crippen molar-refractivity contribution in [1.82, 2.24) is 0 Å². The van der Waals surface area contributed by atoms with Crippen molar-refractivity contribution < 1.29 is 36.6 Å². The molecule has 0 saturated heterocycles. The summed E-state index contributed by atoms with van der Waals surface area (Å²) in [6.07, 6.45) is 3.51. The van der Waals surface area contributed by atoms with Crippen LogP contribution < -0.4 is 0 Å². The van der Waals surface area contributed by atoms with Gasteiger partial charge in [0.2, 0.25) is 0 Å². The summed E-state index contributed by atoms with van der Waals surface area (Å²) in [5.74, 6) is 0.586. The van der Waals surface area contributed by atoms with E-state index in [-0.39, 0.29) is 38.4 Å². The maximum atomic E-state index is 10.9. The minimum absolute atomic E-state index is 0. The third kappa shape index (κ3) is 11.9. The molecule has 0 unspecified atom stereocenters. The maximum Gasteiger partial charge on any atom is 2.00 e. The van der Waals surface area contributed by atoms with Crippen LogP contribution in [-0.4, -0.2) is 49.3 Å². The normalized spacial score (nSPS) is 12.3. The predicted octanol–water partition coefficient (Wildman–Crippen LogP) is 7.28. The van der Waals surface area contributed by atoms with Crippen molar-refractivity contribution in [3.63, 3.8) is 0 Å². The Kier molecular flexibility index (Phi) is 15.8. The number of hydrogen-bond acceptors (Lipinski definition) is 6. The summed E-state index contributed by atoms with van der Waals surface area (Å²) in [7, 11) is 0. The molecule has 2 aromatic carbocycles. The van der Waals surface area contributed by atoms with E-state index in [0.717, 1.165) is 22.3 Å². The second kappa shape index (κ2) is 16.0. The monoisotopic (exact) mass is 609 g/mol. The van der Waals surface area contributed by atoms with E-state index >= 15 is 0 Å². The SMILES string of the molecule is CC(C)(C)c1cc(C=NCCN=Cc2cc(C(C)(C)C)cc(C(C)(C)C)c2O)c(O)c(C(C)(C)C)c1.[CH-]=O.[CH-]=O.[Co+2]. The molecule has 229 valence electrons. The van der Waals surface area contributed by atoms with E-state index in [9.17, 15) is 10.2 Å². The molecule has 6 nitrogen and oxygen atoms in total. The summed E-state index contributed by atoms with van der Waals surface area (Å²) in [5, 5.41) is 21.9. The van der Waals surface area contributed by atoms with Crippen molar-refractivity contribution in [2.24, 2.45) is 9.98 Å². The van der Waals surface area contributed by atoms with E-state index in [2.05, 4.69) is 119 Å². The molecule has 0 amide bonds. The van der Waals surface area contributed by atoms with Gasteiger partial charge in [-0.15, -0.1) is 0 Å². The Morgan fingerprint density at radius 2 is 0.829 bits per heavy atom. The van der Waals surface area contributed by atoms with Gasteiger partial charge in [0, 0.05) is 34.7 Å². The van der Waals surface area contributed by atoms with E-state index in [0.29, 0.717) is 24.6 Å². The zero-order chi connectivity index (χ0) is 31.7. The molecule has 0 aliphatic carbocycles. The zero-order valence-electron chi connectivity index (χ0n) is 27.0. The predicted molar refractivity (Wildman–Crippen MR) is 169 cm³/mol. The van der Waals surface area contributed by atoms with Gasteiger partial charge in [-0.05, 0) is 44.9 Å². The second-order valence-electron chi connectivity index (χ2n) is 14.0. The van der Waals surface area contributed by atoms with Gasteiger partial charge in [-0.2, -0.15) is 0 Å². The van der Waals surface area contributed by atoms with Crippen LogP contribution in [0.3, 0.4) is 0 Å². The Morgan fingerprint density at radius 1 is 0.561 bits per heavy atom. The maximum absolute atomic E-state index is 10.9. The van der Waals surface area contributed by atoms with Crippen LogP contribution in [0.25, 0.3) is 0 Å². The molecular weight excluding hydrogens is 559 g/mol. The molecule has 0 bridgehead atoms. The number of carbonyl (C=O) groups excluding carboxylic acids is 2. The van der Waals surface area contributed by atoms with Gasteiger partial charge >= 0.3 is 16.8 Å². The molecule has 0 aromatic heterocycles. The van der Waals surface area contributed by atoms with Crippen molar-refractivity contribution in [3.05, 3.63) is 57.6 Å². The first-order chi connectivity index (χ1) is 18.2. The van der Waals surface area contributed by atoms with Gasteiger partial charge in [-0.25, -0.2) is 0 Å². The van der Waals surface area contributed by atoms with Crippen LogP contribution in [0.5, 0.6) is 11.5 Å². The average molecular weight is 610 g/mol. The molecule has 0 spiro atoms. The van der Waals surface area contributed by atoms with Crippen LogP contribution in [0.4, 0.5) is 0 Å². The van der Waals surface area contributed by atoms with Crippen LogP contribution in [0.1, 0.15) is 116 Å². The molecule has 7 heteroatoms. The zero-order valence-corrected chi connectivity index (χ0v) is 28.0. The summed E-state index contributed by atoms with van der Waals surface area (Å²) < 4.78 is 0. The Hall–Kier alpha value is -2.77. The fraction of sp³-hybridized carbons (Fsp3) is 0.529. The summed E-state index contributed by atoms with van der Waals surface area (Å²) in [5.41, 5.74) is 5.27. The van der Waals surface area contributed by atoms with Crippen LogP contribution in [0.15, 0.2) is 34.3 Å². The molecule has 2 N–H and O–H groups in total. The largest absolute Gasteiger partial charge is 2.00 e. The van der Waals surface area contributed by atoms with Gasteiger partial charge in [0.25, 0.3) is 0 Å². The van der Waals surface area contributed by atoms with Crippen LogP contribution in [0.2, 0.25) is 0 Å². The number of aliphatic imine (C=N–C) groups is 2. The Labute approximate surface area is 259 Å². The van der Waals surface area contributed by atoms with Crippen molar-refractivity contribution >= 4 is 26.0 Å². The Bertz CT molecular complexity index is 1080. The molecule has 2 aromatic rings. The van der Waals surface area contributed by atoms with E-state index in [1.165, 1.54) is 11.1 Å². The van der Waals surface area contributed by atoms with Crippen LogP contribution in [-0.2, 0) is 48.0 Å². The smallest absolute Gasteiger partial charge is 0.545 e. The minimum Gasteiger partial charge on any atom is -0.545 e. The van der Waals surface area contributed by atoms with Crippen LogP contribution >= 0.6 is 0 Å². The molecule has 0 atom stereocenters. The van der Waals surface area contributed by atoms with Crippen molar-refractivity contribution in [3.8, 4) is 11.5 Å². The molecule has 0 saturated carbocycles. The molecule has 0 fully saturated rings. The van der Waals surface area contributed by atoms with Gasteiger partial charge in [-0.3, -0.25) is 23.6 Å². The van der Waals surface area contributed by atoms with E-state index in [1.807, 2.05) is 12.1 Å². The quantitative estimate of drug-likeness (QED) is 0.161. The number of phenols is 2. The molecule has 2 rings (SSSR count). The Balaban J connectivity index is 0. The van der Waals surface area contributed by atoms with E-state index < -0.39 is 0 Å². The van der Waals surface area contributed by atoms with Crippen molar-refractivity contribution in [1.29, 1.82) is 0 Å². The van der Waals surface area contributed by atoms with E-state index in [1.54, 1.807) is 12.4 Å². The summed E-state index contributed by atoms with van der Waals surface area (Å²) in [6, 6.07) is 8.28. The van der Waals surface area contributed by atoms with Gasteiger partial charge in [0.15, 0.2) is 0 Å². The number of rotatable bonds is 5. The van der Waals surface area contributed by atoms with Gasteiger partial charge in [-0.1, -0.05) is 95.2 Å². The third-order valence-corrected chi connectivity index (χ3v) is 6.45. The van der Waals surface area contributed by atoms with E-state index in [4.69, 9.17) is 9.59 Å². The molecule has 0 aliphatic rings. The molecule has 0 heterocycles. The van der Waals surface area contributed by atoms with Gasteiger partial charge in [0.1, 0.15) is 11.5 Å². The fourth-order valence-electron chi connectivity index (χ4n) is 3.96. The number of nitrogens with zero attached hydrogens (tertiary/aromatic N) is 2. The van der Waals surface area contributed by atoms with Crippen LogP contribution in [0, 0.1) is 0 Å². The first-order valence-corrected chi connectivity index (χ1v) is 13.5. The minimum atomic E-state index is -0.173. The molecular formula is C34H50CoN2O4. The molecule has 41 heavy (non-hydrogen) atoms. The van der Waals surface area contributed by atoms with Crippen molar-refractivity contribution in [2.75, 3.05) is 13.1 Å². The second-order valence-corrected chi connectivity index (χ2v) is 14.0. The topological polar surface area (TPSA) is 99.3 Å². The third-order valence-electron chi connectivity index (χ3n) is 6.45. The molecule has 0 aliphatic heterocycles. The molecule has 1 radical (unpaired) electrons. The standard InChI is InChI=1S/C32H48N2O2.2CHO.Co/c1-29(2,3)23-15-21(27(35)25(17-23)31(7,8)9)19-33-13-14-34-20-22-16-24(30(4,5)6)18-26(28(22)36)32(10,11)12;2*1-2;/h15-20,35-36H,13-14H2,1-12H3;2*1H;/q;2*-1;+2. The fourth-order valence-corrected chi connectivity index (χ4v) is 3.96. The average Bonchev–Trinajstić information content (AvgIpc) is 2.82. The Morgan fingerprint density at radius 3 is 1.05 bits per heavy atom. The number of benzene rings is 2. The summed E-state index contributed by atoms with van der Waals surface area (Å²) in [6.45, 7) is 33.2.